The van der Waals surface area contributed by atoms with E-state index in [9.17, 15) is 9.90 Å². The molecule has 0 aliphatic rings. The predicted molar refractivity (Wildman–Crippen MR) is 82.7 cm³/mol. The van der Waals surface area contributed by atoms with Crippen LogP contribution in [0.4, 0.5) is 0 Å². The first-order valence-corrected chi connectivity index (χ1v) is 7.63. The number of ether oxygens (including phenoxy) is 1. The van der Waals surface area contributed by atoms with Gasteiger partial charge in [0, 0.05) is 10.1 Å². The highest BCUT2D eigenvalue weighted by Gasteiger charge is 2.39. The molecule has 1 unspecified atom stereocenters. The number of carbonyl (C=O) groups is 1. The Morgan fingerprint density at radius 3 is 2.25 bits per heavy atom. The number of aliphatic hydroxyl groups excluding tert-OH is 1. The number of rotatable bonds is 5. The largest absolute Gasteiger partial charge is 0.469 e. The summed E-state index contributed by atoms with van der Waals surface area (Å²) in [4.78, 5) is 13.1. The van der Waals surface area contributed by atoms with Crippen molar-refractivity contribution in [2.45, 2.75) is 43.9 Å². The van der Waals surface area contributed by atoms with Crippen LogP contribution in [-0.4, -0.2) is 29.5 Å². The zero-order chi connectivity index (χ0) is 15.3. The molecule has 0 fully saturated rings. The number of hydrogen-bond acceptors (Lipinski definition) is 4. The molecule has 0 aliphatic carbocycles. The van der Waals surface area contributed by atoms with Crippen molar-refractivity contribution in [3.05, 3.63) is 30.3 Å². The third-order valence-electron chi connectivity index (χ3n) is 3.27. The molecule has 0 aliphatic heterocycles. The van der Waals surface area contributed by atoms with E-state index in [4.69, 9.17) is 4.74 Å². The van der Waals surface area contributed by atoms with Crippen LogP contribution in [0.25, 0.3) is 0 Å². The lowest BCUT2D eigenvalue weighted by atomic mass is 9.80. The molecular weight excluding hydrogens is 272 g/mol. The Bertz CT molecular complexity index is 425. The Morgan fingerprint density at radius 1 is 1.25 bits per heavy atom. The third kappa shape index (κ3) is 4.53. The highest BCUT2D eigenvalue weighted by atomic mass is 32.2. The summed E-state index contributed by atoms with van der Waals surface area (Å²) < 4.78 is 4.88. The lowest BCUT2D eigenvalue weighted by molar-refractivity contribution is -0.152. The van der Waals surface area contributed by atoms with Crippen molar-refractivity contribution in [3.8, 4) is 0 Å². The van der Waals surface area contributed by atoms with Crippen molar-refractivity contribution in [1.29, 1.82) is 0 Å². The summed E-state index contributed by atoms with van der Waals surface area (Å²) in [5.41, 5.74) is -0.371. The molecule has 0 amide bonds. The second kappa shape index (κ2) is 7.14. The van der Waals surface area contributed by atoms with E-state index in [0.717, 1.165) is 4.90 Å². The number of aliphatic hydroxyl groups is 1. The minimum atomic E-state index is -0.749. The van der Waals surface area contributed by atoms with Gasteiger partial charge in [0.1, 0.15) is 0 Å². The van der Waals surface area contributed by atoms with E-state index in [1.165, 1.54) is 7.11 Å². The van der Waals surface area contributed by atoms with Gasteiger partial charge in [-0.15, -0.1) is 11.8 Å². The van der Waals surface area contributed by atoms with Crippen LogP contribution in [0.3, 0.4) is 0 Å². The molecule has 0 spiro atoms. The molecule has 0 saturated carbocycles. The van der Waals surface area contributed by atoms with E-state index < -0.39 is 12.0 Å². The number of thioether (sulfide) groups is 1. The Hall–Kier alpha value is -1.00. The van der Waals surface area contributed by atoms with Crippen LogP contribution in [0, 0.1) is 11.3 Å². The molecule has 3 nitrogen and oxygen atoms in total. The van der Waals surface area contributed by atoms with Crippen LogP contribution in [0.15, 0.2) is 35.2 Å². The first-order chi connectivity index (χ1) is 9.27. The predicted octanol–water partition coefficient (Wildman–Crippen LogP) is 3.36. The molecule has 0 aromatic heterocycles. The van der Waals surface area contributed by atoms with E-state index in [1.807, 2.05) is 58.0 Å². The van der Waals surface area contributed by atoms with Gasteiger partial charge in [-0.25, -0.2) is 0 Å². The lowest BCUT2D eigenvalue weighted by Crippen LogP contribution is -2.43. The van der Waals surface area contributed by atoms with Gasteiger partial charge in [-0.2, -0.15) is 0 Å². The minimum absolute atomic E-state index is 0.0703. The molecule has 0 heterocycles. The second-order valence-corrected chi connectivity index (χ2v) is 7.45. The van der Waals surface area contributed by atoms with E-state index in [2.05, 4.69) is 0 Å². The maximum absolute atomic E-state index is 12.0. The normalized spacial score (nSPS) is 16.3. The van der Waals surface area contributed by atoms with Gasteiger partial charge in [0.2, 0.25) is 0 Å². The van der Waals surface area contributed by atoms with E-state index in [1.54, 1.807) is 11.8 Å². The number of methoxy groups -OCH3 is 1. The molecular formula is C16H24O3S. The van der Waals surface area contributed by atoms with Gasteiger partial charge in [-0.05, 0) is 17.5 Å². The average molecular weight is 296 g/mol. The standard InChI is InChI=1S/C16H24O3S/c1-11(20-12-9-7-6-8-10-12)13(15(18)19-5)14(17)16(2,3)4/h6-11,13-14,17H,1-5H3/t11-,13+,14?/m1/s1. The zero-order valence-electron chi connectivity index (χ0n) is 12.8. The summed E-state index contributed by atoms with van der Waals surface area (Å²) in [7, 11) is 1.37. The molecule has 1 rings (SSSR count). The SMILES string of the molecule is COC(=O)[C@H](C(O)C(C)(C)C)[C@@H](C)Sc1ccccc1. The fourth-order valence-electron chi connectivity index (χ4n) is 2.04. The average Bonchev–Trinajstić information content (AvgIpc) is 2.38. The van der Waals surface area contributed by atoms with Gasteiger partial charge < -0.3 is 9.84 Å². The Kier molecular flexibility index (Phi) is 6.08. The van der Waals surface area contributed by atoms with Crippen molar-refractivity contribution in [1.82, 2.24) is 0 Å². The van der Waals surface area contributed by atoms with Crippen LogP contribution < -0.4 is 0 Å². The van der Waals surface area contributed by atoms with Crippen LogP contribution in [0.2, 0.25) is 0 Å². The topological polar surface area (TPSA) is 46.5 Å². The lowest BCUT2D eigenvalue weighted by Gasteiger charge is -2.34. The fraction of sp³-hybridized carbons (Fsp3) is 0.562. The summed E-state index contributed by atoms with van der Waals surface area (Å²) in [6.45, 7) is 7.72. The zero-order valence-corrected chi connectivity index (χ0v) is 13.6. The Labute approximate surface area is 125 Å². The monoisotopic (exact) mass is 296 g/mol. The van der Waals surface area contributed by atoms with Crippen molar-refractivity contribution in [2.24, 2.45) is 11.3 Å². The van der Waals surface area contributed by atoms with Crippen LogP contribution in [0.1, 0.15) is 27.7 Å². The van der Waals surface area contributed by atoms with Crippen molar-refractivity contribution < 1.29 is 14.6 Å². The maximum atomic E-state index is 12.0. The second-order valence-electron chi connectivity index (χ2n) is 6.00. The molecule has 0 saturated heterocycles. The molecule has 4 heteroatoms. The summed E-state index contributed by atoms with van der Waals surface area (Å²) in [6, 6.07) is 9.87. The summed E-state index contributed by atoms with van der Waals surface area (Å²) in [5, 5.41) is 10.4. The van der Waals surface area contributed by atoms with Crippen molar-refractivity contribution in [3.63, 3.8) is 0 Å². The Balaban J connectivity index is 2.91. The first kappa shape index (κ1) is 17.1. The molecule has 3 atom stereocenters. The Morgan fingerprint density at radius 2 is 1.80 bits per heavy atom. The van der Waals surface area contributed by atoms with Crippen LogP contribution in [0.5, 0.6) is 0 Å². The van der Waals surface area contributed by atoms with Gasteiger partial charge in [-0.3, -0.25) is 4.79 Å². The number of carbonyl (C=O) groups excluding carboxylic acids is 1. The molecule has 20 heavy (non-hydrogen) atoms. The van der Waals surface area contributed by atoms with E-state index >= 15 is 0 Å². The maximum Gasteiger partial charge on any atom is 0.312 e. The van der Waals surface area contributed by atoms with Crippen molar-refractivity contribution in [2.75, 3.05) is 7.11 Å². The van der Waals surface area contributed by atoms with Gasteiger partial charge in [0.15, 0.2) is 0 Å². The molecule has 0 bridgehead atoms. The molecule has 0 radical (unpaired) electrons. The summed E-state index contributed by atoms with van der Waals surface area (Å²) >= 11 is 1.58. The van der Waals surface area contributed by atoms with E-state index in [-0.39, 0.29) is 16.6 Å². The summed E-state index contributed by atoms with van der Waals surface area (Å²) in [6.07, 6.45) is -0.749. The third-order valence-corrected chi connectivity index (χ3v) is 4.48. The number of hydrogen-bond donors (Lipinski definition) is 1. The number of esters is 1. The first-order valence-electron chi connectivity index (χ1n) is 6.75. The van der Waals surface area contributed by atoms with Gasteiger partial charge in [-0.1, -0.05) is 45.9 Å². The number of benzene rings is 1. The van der Waals surface area contributed by atoms with Crippen LogP contribution >= 0.6 is 11.8 Å². The minimum Gasteiger partial charge on any atom is -0.469 e. The fourth-order valence-corrected chi connectivity index (χ4v) is 3.19. The molecule has 1 aromatic rings. The molecule has 1 N–H and O–H groups in total. The van der Waals surface area contributed by atoms with Crippen molar-refractivity contribution >= 4 is 17.7 Å². The smallest absolute Gasteiger partial charge is 0.312 e. The highest BCUT2D eigenvalue weighted by Crippen LogP contribution is 2.35. The quantitative estimate of drug-likeness (QED) is 0.668. The highest BCUT2D eigenvalue weighted by molar-refractivity contribution is 8.00. The van der Waals surface area contributed by atoms with E-state index in [0.29, 0.717) is 0 Å². The van der Waals surface area contributed by atoms with Gasteiger partial charge >= 0.3 is 5.97 Å². The van der Waals surface area contributed by atoms with Gasteiger partial charge in [0.05, 0.1) is 19.1 Å². The molecule has 112 valence electrons. The van der Waals surface area contributed by atoms with Gasteiger partial charge in [0.25, 0.3) is 0 Å². The summed E-state index contributed by atoms with van der Waals surface area (Å²) in [5.74, 6) is -0.909. The molecule has 1 aromatic carbocycles. The van der Waals surface area contributed by atoms with Crippen LogP contribution in [-0.2, 0) is 9.53 Å².